The third kappa shape index (κ3) is 4.10. The Morgan fingerprint density at radius 3 is 2.68 bits per heavy atom. The lowest BCUT2D eigenvalue weighted by atomic mass is 9.99. The summed E-state index contributed by atoms with van der Waals surface area (Å²) < 4.78 is 24.3. The number of likely N-dealkylation sites (tertiary alicyclic amines) is 1. The first-order chi connectivity index (χ1) is 12.3. The molecule has 1 saturated heterocycles. The lowest BCUT2D eigenvalue weighted by molar-refractivity contribution is 0.171. The van der Waals surface area contributed by atoms with E-state index in [0.29, 0.717) is 19.1 Å². The molecular weight excluding hydrogens is 337 g/mol. The minimum Gasteiger partial charge on any atom is -0.486 e. The average Bonchev–Trinajstić information content (AvgIpc) is 3.11. The summed E-state index contributed by atoms with van der Waals surface area (Å²) in [7, 11) is 0. The van der Waals surface area contributed by atoms with Crippen LogP contribution >= 0.6 is 11.8 Å². The SMILES string of the molecule is Fc1ccc(C2CCN(CCSc3ccc4c(c3)OCCO4)C2)cc1. The summed E-state index contributed by atoms with van der Waals surface area (Å²) in [5.41, 5.74) is 1.25. The van der Waals surface area contributed by atoms with Crippen molar-refractivity contribution in [2.24, 2.45) is 0 Å². The molecule has 1 fully saturated rings. The minimum absolute atomic E-state index is 0.158. The molecule has 4 rings (SSSR count). The summed E-state index contributed by atoms with van der Waals surface area (Å²) in [4.78, 5) is 3.72. The molecule has 2 aromatic rings. The van der Waals surface area contributed by atoms with Gasteiger partial charge in [0, 0.05) is 23.7 Å². The van der Waals surface area contributed by atoms with Crippen LogP contribution in [0.1, 0.15) is 17.9 Å². The third-order valence-electron chi connectivity index (χ3n) is 4.80. The van der Waals surface area contributed by atoms with Crippen molar-refractivity contribution in [3.05, 3.63) is 53.8 Å². The lowest BCUT2D eigenvalue weighted by Gasteiger charge is -2.19. The Bertz CT molecular complexity index is 722. The summed E-state index contributed by atoms with van der Waals surface area (Å²) in [5.74, 6) is 3.12. The quantitative estimate of drug-likeness (QED) is 0.747. The maximum absolute atomic E-state index is 13.1. The van der Waals surface area contributed by atoms with E-state index in [1.54, 1.807) is 12.1 Å². The van der Waals surface area contributed by atoms with E-state index < -0.39 is 0 Å². The van der Waals surface area contributed by atoms with Gasteiger partial charge in [-0.05, 0) is 54.8 Å². The van der Waals surface area contributed by atoms with Gasteiger partial charge in [-0.15, -0.1) is 11.8 Å². The smallest absolute Gasteiger partial charge is 0.162 e. The molecule has 132 valence electrons. The van der Waals surface area contributed by atoms with Crippen LogP contribution in [0, 0.1) is 5.82 Å². The molecule has 0 amide bonds. The highest BCUT2D eigenvalue weighted by Gasteiger charge is 2.23. The zero-order valence-electron chi connectivity index (χ0n) is 14.1. The maximum Gasteiger partial charge on any atom is 0.162 e. The van der Waals surface area contributed by atoms with E-state index in [9.17, 15) is 4.39 Å². The second kappa shape index (κ2) is 7.67. The highest BCUT2D eigenvalue weighted by molar-refractivity contribution is 7.99. The molecule has 3 nitrogen and oxygen atoms in total. The van der Waals surface area contributed by atoms with Crippen molar-refractivity contribution >= 4 is 11.8 Å². The molecule has 1 unspecified atom stereocenters. The van der Waals surface area contributed by atoms with Crippen LogP contribution in [0.2, 0.25) is 0 Å². The lowest BCUT2D eigenvalue weighted by Crippen LogP contribution is -2.23. The standard InChI is InChI=1S/C20H22FNO2S/c21-17-3-1-15(2-4-17)16-7-8-22(14-16)9-12-25-18-5-6-19-20(13-18)24-11-10-23-19/h1-6,13,16H,7-12,14H2. The number of fused-ring (bicyclic) bond motifs is 1. The number of halogens is 1. The number of benzene rings is 2. The van der Waals surface area contributed by atoms with Crippen molar-refractivity contribution in [2.75, 3.05) is 38.6 Å². The molecule has 5 heteroatoms. The number of ether oxygens (including phenoxy) is 2. The number of hydrogen-bond acceptors (Lipinski definition) is 4. The van der Waals surface area contributed by atoms with Gasteiger partial charge < -0.3 is 14.4 Å². The molecule has 0 bridgehead atoms. The van der Waals surface area contributed by atoms with E-state index in [1.165, 1.54) is 10.5 Å². The summed E-state index contributed by atoms with van der Waals surface area (Å²) in [5, 5.41) is 0. The van der Waals surface area contributed by atoms with Crippen molar-refractivity contribution in [3.8, 4) is 11.5 Å². The molecular formula is C20H22FNO2S. The normalized spacial score (nSPS) is 20.0. The highest BCUT2D eigenvalue weighted by atomic mass is 32.2. The van der Waals surface area contributed by atoms with Crippen molar-refractivity contribution in [3.63, 3.8) is 0 Å². The molecule has 0 saturated carbocycles. The van der Waals surface area contributed by atoms with Gasteiger partial charge in [-0.2, -0.15) is 0 Å². The average molecular weight is 359 g/mol. The van der Waals surface area contributed by atoms with Crippen LogP contribution in [0.5, 0.6) is 11.5 Å². The van der Waals surface area contributed by atoms with Gasteiger partial charge in [0.1, 0.15) is 19.0 Å². The van der Waals surface area contributed by atoms with Crippen LogP contribution in [0.4, 0.5) is 4.39 Å². The third-order valence-corrected chi connectivity index (χ3v) is 5.78. The van der Waals surface area contributed by atoms with Gasteiger partial charge in [-0.25, -0.2) is 4.39 Å². The Balaban J connectivity index is 1.26. The second-order valence-electron chi connectivity index (χ2n) is 6.49. The van der Waals surface area contributed by atoms with E-state index in [1.807, 2.05) is 30.0 Å². The number of hydrogen-bond donors (Lipinski definition) is 0. The van der Waals surface area contributed by atoms with Crippen LogP contribution in [-0.2, 0) is 0 Å². The topological polar surface area (TPSA) is 21.7 Å². The fourth-order valence-electron chi connectivity index (χ4n) is 3.45. The summed E-state index contributed by atoms with van der Waals surface area (Å²) >= 11 is 1.85. The number of rotatable bonds is 5. The molecule has 2 aliphatic rings. The van der Waals surface area contributed by atoms with Crippen LogP contribution in [0.25, 0.3) is 0 Å². The summed E-state index contributed by atoms with van der Waals surface area (Å²) in [6.07, 6.45) is 1.15. The van der Waals surface area contributed by atoms with Gasteiger partial charge in [0.2, 0.25) is 0 Å². The van der Waals surface area contributed by atoms with Gasteiger partial charge in [-0.3, -0.25) is 0 Å². The minimum atomic E-state index is -0.158. The van der Waals surface area contributed by atoms with Crippen molar-refractivity contribution in [2.45, 2.75) is 17.2 Å². The van der Waals surface area contributed by atoms with E-state index in [2.05, 4.69) is 17.0 Å². The van der Waals surface area contributed by atoms with Gasteiger partial charge >= 0.3 is 0 Å². The Morgan fingerprint density at radius 1 is 1.04 bits per heavy atom. The number of thioether (sulfide) groups is 1. The molecule has 2 aromatic carbocycles. The van der Waals surface area contributed by atoms with Crippen LogP contribution in [0.15, 0.2) is 47.4 Å². The van der Waals surface area contributed by atoms with Gasteiger partial charge in [0.15, 0.2) is 11.5 Å². The van der Waals surface area contributed by atoms with Crippen LogP contribution in [-0.4, -0.2) is 43.5 Å². The highest BCUT2D eigenvalue weighted by Crippen LogP contribution is 2.34. The molecule has 0 spiro atoms. The van der Waals surface area contributed by atoms with E-state index >= 15 is 0 Å². The Morgan fingerprint density at radius 2 is 1.84 bits per heavy atom. The fraction of sp³-hybridized carbons (Fsp3) is 0.400. The first-order valence-electron chi connectivity index (χ1n) is 8.78. The molecule has 0 aliphatic carbocycles. The molecule has 1 atom stereocenters. The van der Waals surface area contributed by atoms with Crippen molar-refractivity contribution < 1.29 is 13.9 Å². The van der Waals surface area contributed by atoms with Gasteiger partial charge in [0.05, 0.1) is 0 Å². The molecule has 0 N–H and O–H groups in total. The van der Waals surface area contributed by atoms with E-state index in [-0.39, 0.29) is 5.82 Å². The van der Waals surface area contributed by atoms with E-state index in [0.717, 1.165) is 43.3 Å². The first-order valence-corrected chi connectivity index (χ1v) is 9.77. The van der Waals surface area contributed by atoms with Crippen molar-refractivity contribution in [1.29, 1.82) is 0 Å². The van der Waals surface area contributed by atoms with E-state index in [4.69, 9.17) is 9.47 Å². The monoisotopic (exact) mass is 359 g/mol. The molecule has 25 heavy (non-hydrogen) atoms. The maximum atomic E-state index is 13.1. The fourth-order valence-corrected chi connectivity index (χ4v) is 4.39. The van der Waals surface area contributed by atoms with Gasteiger partial charge in [0.25, 0.3) is 0 Å². The zero-order valence-corrected chi connectivity index (χ0v) is 14.9. The zero-order chi connectivity index (χ0) is 17.1. The molecule has 2 aliphatic heterocycles. The van der Waals surface area contributed by atoms with Crippen LogP contribution < -0.4 is 9.47 Å². The van der Waals surface area contributed by atoms with Crippen LogP contribution in [0.3, 0.4) is 0 Å². The first kappa shape index (κ1) is 16.7. The Kier molecular flexibility index (Phi) is 5.13. The summed E-state index contributed by atoms with van der Waals surface area (Å²) in [6.45, 7) is 4.50. The predicted molar refractivity (Wildman–Crippen MR) is 98.4 cm³/mol. The Hall–Kier alpha value is -1.72. The molecule has 0 radical (unpaired) electrons. The predicted octanol–water partition coefficient (Wildman–Crippen LogP) is 4.18. The Labute approximate surface area is 152 Å². The van der Waals surface area contributed by atoms with Crippen molar-refractivity contribution in [1.82, 2.24) is 4.90 Å². The van der Waals surface area contributed by atoms with Gasteiger partial charge in [-0.1, -0.05) is 12.1 Å². The molecule has 2 heterocycles. The largest absolute Gasteiger partial charge is 0.486 e. The second-order valence-corrected chi connectivity index (χ2v) is 7.66. The summed E-state index contributed by atoms with van der Waals surface area (Å²) in [6, 6.07) is 13.2. The number of nitrogens with zero attached hydrogens (tertiary/aromatic N) is 1. The molecule has 0 aromatic heterocycles.